The fraction of sp³-hybridized carbons (Fsp3) is 0.150. The quantitative estimate of drug-likeness (QED) is 0.566. The van der Waals surface area contributed by atoms with Gasteiger partial charge in [0, 0.05) is 10.9 Å². The highest BCUT2D eigenvalue weighted by atomic mass is 32.1. The van der Waals surface area contributed by atoms with E-state index in [2.05, 4.69) is 15.6 Å². The zero-order chi connectivity index (χ0) is 21.7. The van der Waals surface area contributed by atoms with E-state index in [-0.39, 0.29) is 29.4 Å². The molecular formula is C20H15F4N3O2S. The molecule has 0 bridgehead atoms. The van der Waals surface area contributed by atoms with Crippen LogP contribution in [0.5, 0.6) is 0 Å². The van der Waals surface area contributed by atoms with Gasteiger partial charge in [-0.1, -0.05) is 24.3 Å². The summed E-state index contributed by atoms with van der Waals surface area (Å²) in [5, 5.41) is 6.60. The van der Waals surface area contributed by atoms with E-state index in [4.69, 9.17) is 0 Å². The highest BCUT2D eigenvalue weighted by molar-refractivity contribution is 7.14. The third kappa shape index (κ3) is 5.86. The van der Waals surface area contributed by atoms with Crippen molar-refractivity contribution in [2.45, 2.75) is 12.6 Å². The van der Waals surface area contributed by atoms with Crippen molar-refractivity contribution in [3.8, 4) is 11.3 Å². The summed E-state index contributed by atoms with van der Waals surface area (Å²) in [7, 11) is 0. The minimum Gasteiger partial charge on any atom is -0.347 e. The first kappa shape index (κ1) is 21.4. The van der Waals surface area contributed by atoms with Crippen molar-refractivity contribution >= 4 is 28.3 Å². The second-order valence-electron chi connectivity index (χ2n) is 6.25. The number of nitrogens with one attached hydrogen (secondary N) is 2. The highest BCUT2D eigenvalue weighted by Crippen LogP contribution is 2.33. The Balaban J connectivity index is 1.54. The molecule has 0 aliphatic rings. The molecule has 0 aliphatic heterocycles. The number of benzene rings is 2. The van der Waals surface area contributed by atoms with Gasteiger partial charge >= 0.3 is 6.18 Å². The maximum atomic E-state index is 13.1. The summed E-state index contributed by atoms with van der Waals surface area (Å²) in [6.45, 7) is -0.327. The third-order valence-electron chi connectivity index (χ3n) is 3.94. The molecule has 0 spiro atoms. The lowest BCUT2D eigenvalue weighted by molar-refractivity contribution is -0.137. The topological polar surface area (TPSA) is 71.1 Å². The second kappa shape index (κ2) is 9.04. The average molecular weight is 437 g/mol. The molecule has 5 nitrogen and oxygen atoms in total. The fourth-order valence-corrected chi connectivity index (χ4v) is 3.29. The Morgan fingerprint density at radius 1 is 1.03 bits per heavy atom. The lowest BCUT2D eigenvalue weighted by Crippen LogP contribution is -2.33. The predicted octanol–water partition coefficient (Wildman–Crippen LogP) is 4.27. The molecule has 0 aliphatic carbocycles. The van der Waals surface area contributed by atoms with E-state index in [0.717, 1.165) is 23.5 Å². The summed E-state index contributed by atoms with van der Waals surface area (Å²) in [6.07, 6.45) is -4.55. The molecule has 2 aromatic carbocycles. The van der Waals surface area contributed by atoms with Crippen molar-refractivity contribution in [1.82, 2.24) is 10.3 Å². The largest absolute Gasteiger partial charge is 0.416 e. The predicted molar refractivity (Wildman–Crippen MR) is 104 cm³/mol. The Bertz CT molecular complexity index is 1070. The molecule has 0 fully saturated rings. The second-order valence-corrected chi connectivity index (χ2v) is 7.11. The molecule has 30 heavy (non-hydrogen) atoms. The van der Waals surface area contributed by atoms with E-state index in [1.54, 1.807) is 6.07 Å². The highest BCUT2D eigenvalue weighted by Gasteiger charge is 2.30. The zero-order valence-corrected chi connectivity index (χ0v) is 16.1. The lowest BCUT2D eigenvalue weighted by Gasteiger charge is -2.07. The van der Waals surface area contributed by atoms with E-state index in [1.165, 1.54) is 35.7 Å². The molecule has 1 aromatic heterocycles. The number of anilines is 1. The number of aromatic nitrogens is 1. The first-order valence-corrected chi connectivity index (χ1v) is 9.53. The number of amides is 2. The number of hydrogen-bond donors (Lipinski definition) is 2. The molecule has 0 saturated heterocycles. The summed E-state index contributed by atoms with van der Waals surface area (Å²) in [5.41, 5.74) is 0.236. The van der Waals surface area contributed by atoms with E-state index in [9.17, 15) is 27.2 Å². The summed E-state index contributed by atoms with van der Waals surface area (Å²) >= 11 is 1.05. The van der Waals surface area contributed by atoms with Crippen LogP contribution in [0.25, 0.3) is 11.3 Å². The van der Waals surface area contributed by atoms with Gasteiger partial charge in [0.15, 0.2) is 5.13 Å². The molecule has 0 radical (unpaired) electrons. The van der Waals surface area contributed by atoms with Gasteiger partial charge in [0.05, 0.1) is 24.2 Å². The molecule has 3 rings (SSSR count). The van der Waals surface area contributed by atoms with Crippen LogP contribution in [0.3, 0.4) is 0 Å². The van der Waals surface area contributed by atoms with Crippen LogP contribution in [0.4, 0.5) is 22.7 Å². The fourth-order valence-electron chi connectivity index (χ4n) is 2.56. The maximum Gasteiger partial charge on any atom is 0.416 e. The number of nitrogens with zero attached hydrogens (tertiary/aromatic N) is 1. The molecule has 0 saturated carbocycles. The van der Waals surface area contributed by atoms with Crippen LogP contribution < -0.4 is 10.6 Å². The Morgan fingerprint density at radius 3 is 2.53 bits per heavy atom. The van der Waals surface area contributed by atoms with Crippen LogP contribution in [0.15, 0.2) is 53.9 Å². The van der Waals surface area contributed by atoms with Crippen LogP contribution in [-0.4, -0.2) is 23.3 Å². The number of rotatable bonds is 6. The minimum absolute atomic E-state index is 0.0814. The standard InChI is InChI=1S/C20H15F4N3O2S/c21-15-6-1-3-12(7-15)8-17(28)25-10-18(29)27-19-26-16(11-30-19)13-4-2-5-14(9-13)20(22,23)24/h1-7,9,11H,8,10H2,(H,25,28)(H,26,27,29). The Hall–Kier alpha value is -3.27. The van der Waals surface area contributed by atoms with Crippen molar-refractivity contribution in [2.24, 2.45) is 0 Å². The van der Waals surface area contributed by atoms with Gasteiger partial charge in [-0.2, -0.15) is 13.2 Å². The number of carbonyl (C=O) groups is 2. The molecule has 10 heteroatoms. The lowest BCUT2D eigenvalue weighted by atomic mass is 10.1. The number of halogens is 4. The molecule has 156 valence electrons. The van der Waals surface area contributed by atoms with Gasteiger partial charge in [0.2, 0.25) is 11.8 Å². The maximum absolute atomic E-state index is 13.1. The Kier molecular flexibility index (Phi) is 6.46. The molecule has 1 heterocycles. The minimum atomic E-state index is -4.47. The van der Waals surface area contributed by atoms with Gasteiger partial charge in [-0.15, -0.1) is 11.3 Å². The van der Waals surface area contributed by atoms with Crippen LogP contribution >= 0.6 is 11.3 Å². The first-order valence-electron chi connectivity index (χ1n) is 8.65. The van der Waals surface area contributed by atoms with E-state index in [0.29, 0.717) is 5.56 Å². The Morgan fingerprint density at radius 2 is 1.80 bits per heavy atom. The Labute approximate surface area is 172 Å². The molecule has 3 aromatic rings. The third-order valence-corrected chi connectivity index (χ3v) is 4.69. The van der Waals surface area contributed by atoms with Gasteiger partial charge < -0.3 is 10.6 Å². The van der Waals surface area contributed by atoms with Crippen molar-refractivity contribution in [3.63, 3.8) is 0 Å². The number of alkyl halides is 3. The number of thiazole rings is 1. The van der Waals surface area contributed by atoms with E-state index >= 15 is 0 Å². The summed E-state index contributed by atoms with van der Waals surface area (Å²) in [5.74, 6) is -1.47. The van der Waals surface area contributed by atoms with Gasteiger partial charge in [-0.05, 0) is 29.8 Å². The zero-order valence-electron chi connectivity index (χ0n) is 15.3. The van der Waals surface area contributed by atoms with Gasteiger partial charge in [-0.3, -0.25) is 9.59 Å². The van der Waals surface area contributed by atoms with Crippen LogP contribution in [0.2, 0.25) is 0 Å². The monoisotopic (exact) mass is 437 g/mol. The number of hydrogen-bond acceptors (Lipinski definition) is 4. The summed E-state index contributed by atoms with van der Waals surface area (Å²) in [6, 6.07) is 10.3. The average Bonchev–Trinajstić information content (AvgIpc) is 3.14. The normalized spacial score (nSPS) is 11.2. The molecule has 0 unspecified atom stereocenters. The molecule has 0 atom stereocenters. The van der Waals surface area contributed by atoms with Crippen molar-refractivity contribution in [3.05, 3.63) is 70.9 Å². The number of carbonyl (C=O) groups excluding carboxylic acids is 2. The van der Waals surface area contributed by atoms with Gasteiger partial charge in [-0.25, -0.2) is 9.37 Å². The van der Waals surface area contributed by atoms with Crippen molar-refractivity contribution < 1.29 is 27.2 Å². The van der Waals surface area contributed by atoms with Crippen LogP contribution in [0, 0.1) is 5.82 Å². The van der Waals surface area contributed by atoms with Crippen molar-refractivity contribution in [1.29, 1.82) is 0 Å². The van der Waals surface area contributed by atoms with Crippen molar-refractivity contribution in [2.75, 3.05) is 11.9 Å². The first-order chi connectivity index (χ1) is 14.2. The summed E-state index contributed by atoms with van der Waals surface area (Å²) in [4.78, 5) is 28.0. The molecule has 2 N–H and O–H groups in total. The van der Waals surface area contributed by atoms with Crippen LogP contribution in [-0.2, 0) is 22.2 Å². The SMILES string of the molecule is O=C(Cc1cccc(F)c1)NCC(=O)Nc1nc(-c2cccc(C(F)(F)F)c2)cs1. The molecule has 2 amide bonds. The van der Waals surface area contributed by atoms with Gasteiger partial charge in [0.1, 0.15) is 5.82 Å². The van der Waals surface area contributed by atoms with E-state index in [1.807, 2.05) is 0 Å². The summed E-state index contributed by atoms with van der Waals surface area (Å²) < 4.78 is 51.6. The molecular weight excluding hydrogens is 422 g/mol. The van der Waals surface area contributed by atoms with E-state index < -0.39 is 29.4 Å². The van der Waals surface area contributed by atoms with Gasteiger partial charge in [0.25, 0.3) is 0 Å². The van der Waals surface area contributed by atoms with Crippen LogP contribution in [0.1, 0.15) is 11.1 Å². The smallest absolute Gasteiger partial charge is 0.347 e.